The van der Waals surface area contributed by atoms with Gasteiger partial charge in [0.1, 0.15) is 5.78 Å². The summed E-state index contributed by atoms with van der Waals surface area (Å²) in [6, 6.07) is 3.98. The number of nitrogens with zero attached hydrogens (tertiary/aromatic N) is 1. The number of aromatic nitrogens is 1. The van der Waals surface area contributed by atoms with Crippen LogP contribution in [-0.4, -0.2) is 10.8 Å². The molecule has 1 aromatic rings. The lowest BCUT2D eigenvalue weighted by atomic mass is 9.97. The van der Waals surface area contributed by atoms with Gasteiger partial charge >= 0.3 is 0 Å². The predicted molar refractivity (Wildman–Crippen MR) is 52.6 cm³/mol. The number of rotatable bonds is 4. The Morgan fingerprint density at radius 2 is 2.38 bits per heavy atom. The molecule has 0 N–H and O–H groups in total. The molecule has 0 radical (unpaired) electrons. The molecule has 2 heteroatoms. The van der Waals surface area contributed by atoms with Gasteiger partial charge < -0.3 is 4.79 Å². The standard InChI is InChI=1S/C11H15NO/c1-9(5-6-10(2)13)11-4-3-7-12-8-11/h3-4,7-9H,5-6H2,1-2H3. The maximum absolute atomic E-state index is 10.8. The van der Waals surface area contributed by atoms with Gasteiger partial charge in [-0.3, -0.25) is 4.98 Å². The molecule has 1 atom stereocenters. The highest BCUT2D eigenvalue weighted by Crippen LogP contribution is 2.18. The Hall–Kier alpha value is -1.18. The second kappa shape index (κ2) is 4.75. The number of hydrogen-bond acceptors (Lipinski definition) is 2. The highest BCUT2D eigenvalue weighted by Gasteiger charge is 2.05. The molecule has 0 aliphatic heterocycles. The van der Waals surface area contributed by atoms with Gasteiger partial charge in [-0.05, 0) is 30.9 Å². The third kappa shape index (κ3) is 3.36. The summed E-state index contributed by atoms with van der Waals surface area (Å²) in [7, 11) is 0. The molecule has 0 spiro atoms. The zero-order valence-electron chi connectivity index (χ0n) is 8.16. The molecule has 0 saturated heterocycles. The van der Waals surface area contributed by atoms with E-state index in [1.165, 1.54) is 5.56 Å². The zero-order chi connectivity index (χ0) is 9.68. The number of Topliss-reactive ketones (excluding diaryl/α,β-unsaturated/α-hetero) is 1. The lowest BCUT2D eigenvalue weighted by Crippen LogP contribution is -1.98. The van der Waals surface area contributed by atoms with Crippen molar-refractivity contribution >= 4 is 5.78 Å². The van der Waals surface area contributed by atoms with E-state index in [1.54, 1.807) is 13.1 Å². The molecule has 1 aromatic heterocycles. The van der Waals surface area contributed by atoms with Crippen molar-refractivity contribution in [3.05, 3.63) is 30.1 Å². The van der Waals surface area contributed by atoms with E-state index >= 15 is 0 Å². The van der Waals surface area contributed by atoms with Crippen LogP contribution in [0.15, 0.2) is 24.5 Å². The van der Waals surface area contributed by atoms with E-state index in [0.717, 1.165) is 6.42 Å². The van der Waals surface area contributed by atoms with Gasteiger partial charge in [-0.1, -0.05) is 13.0 Å². The molecule has 0 fully saturated rings. The largest absolute Gasteiger partial charge is 0.300 e. The first kappa shape index (κ1) is 9.90. The number of carbonyl (C=O) groups is 1. The van der Waals surface area contributed by atoms with Crippen LogP contribution in [0.5, 0.6) is 0 Å². The lowest BCUT2D eigenvalue weighted by Gasteiger charge is -2.09. The third-order valence-electron chi connectivity index (χ3n) is 2.18. The molecular formula is C11H15NO. The Kier molecular flexibility index (Phi) is 3.62. The van der Waals surface area contributed by atoms with E-state index < -0.39 is 0 Å². The van der Waals surface area contributed by atoms with E-state index in [9.17, 15) is 4.79 Å². The first-order valence-corrected chi connectivity index (χ1v) is 4.59. The molecule has 0 aliphatic rings. The van der Waals surface area contributed by atoms with E-state index in [1.807, 2.05) is 12.3 Å². The summed E-state index contributed by atoms with van der Waals surface area (Å²) < 4.78 is 0. The second-order valence-electron chi connectivity index (χ2n) is 3.43. The first-order valence-electron chi connectivity index (χ1n) is 4.59. The molecule has 1 unspecified atom stereocenters. The van der Waals surface area contributed by atoms with Crippen LogP contribution in [0.2, 0.25) is 0 Å². The Morgan fingerprint density at radius 3 is 2.92 bits per heavy atom. The lowest BCUT2D eigenvalue weighted by molar-refractivity contribution is -0.117. The number of hydrogen-bond donors (Lipinski definition) is 0. The monoisotopic (exact) mass is 177 g/mol. The van der Waals surface area contributed by atoms with Crippen LogP contribution in [0.3, 0.4) is 0 Å². The highest BCUT2D eigenvalue weighted by molar-refractivity contribution is 5.75. The summed E-state index contributed by atoms with van der Waals surface area (Å²) in [6.07, 6.45) is 5.21. The van der Waals surface area contributed by atoms with Gasteiger partial charge in [-0.2, -0.15) is 0 Å². The predicted octanol–water partition coefficient (Wildman–Crippen LogP) is 2.55. The van der Waals surface area contributed by atoms with Crippen LogP contribution in [0, 0.1) is 0 Å². The van der Waals surface area contributed by atoms with Crippen LogP contribution in [-0.2, 0) is 4.79 Å². The Morgan fingerprint density at radius 1 is 1.62 bits per heavy atom. The van der Waals surface area contributed by atoms with Gasteiger partial charge in [0.25, 0.3) is 0 Å². The molecule has 2 nitrogen and oxygen atoms in total. The van der Waals surface area contributed by atoms with Crippen molar-refractivity contribution in [1.29, 1.82) is 0 Å². The quantitative estimate of drug-likeness (QED) is 0.707. The Labute approximate surface area is 79.0 Å². The summed E-state index contributed by atoms with van der Waals surface area (Å²) in [5.74, 6) is 0.688. The van der Waals surface area contributed by atoms with Gasteiger partial charge in [0.15, 0.2) is 0 Å². The molecule has 0 amide bonds. The van der Waals surface area contributed by atoms with Crippen LogP contribution in [0.1, 0.15) is 38.2 Å². The normalized spacial score (nSPS) is 12.5. The maximum Gasteiger partial charge on any atom is 0.129 e. The van der Waals surface area contributed by atoms with Crippen molar-refractivity contribution < 1.29 is 4.79 Å². The second-order valence-corrected chi connectivity index (χ2v) is 3.43. The third-order valence-corrected chi connectivity index (χ3v) is 2.18. The van der Waals surface area contributed by atoms with E-state index in [0.29, 0.717) is 12.3 Å². The van der Waals surface area contributed by atoms with E-state index in [-0.39, 0.29) is 5.78 Å². The minimum Gasteiger partial charge on any atom is -0.300 e. The molecule has 0 aliphatic carbocycles. The van der Waals surface area contributed by atoms with E-state index in [2.05, 4.69) is 18.0 Å². The minimum atomic E-state index is 0.260. The van der Waals surface area contributed by atoms with Gasteiger partial charge in [-0.25, -0.2) is 0 Å². The minimum absolute atomic E-state index is 0.260. The average Bonchev–Trinajstić information content (AvgIpc) is 2.15. The molecular weight excluding hydrogens is 162 g/mol. The van der Waals surface area contributed by atoms with Crippen LogP contribution < -0.4 is 0 Å². The van der Waals surface area contributed by atoms with Crippen molar-refractivity contribution in [2.45, 2.75) is 32.6 Å². The van der Waals surface area contributed by atoms with Crippen molar-refractivity contribution in [1.82, 2.24) is 4.98 Å². The number of carbonyl (C=O) groups excluding carboxylic acids is 1. The van der Waals surface area contributed by atoms with Crippen molar-refractivity contribution in [3.63, 3.8) is 0 Å². The fraction of sp³-hybridized carbons (Fsp3) is 0.455. The summed E-state index contributed by atoms with van der Waals surface area (Å²) in [5.41, 5.74) is 1.21. The average molecular weight is 177 g/mol. The smallest absolute Gasteiger partial charge is 0.129 e. The zero-order valence-corrected chi connectivity index (χ0v) is 8.16. The molecule has 1 heterocycles. The van der Waals surface area contributed by atoms with Crippen molar-refractivity contribution in [2.24, 2.45) is 0 Å². The summed E-state index contributed by atoms with van der Waals surface area (Å²) in [5, 5.41) is 0. The van der Waals surface area contributed by atoms with Crippen molar-refractivity contribution in [2.75, 3.05) is 0 Å². The maximum atomic E-state index is 10.8. The summed E-state index contributed by atoms with van der Waals surface area (Å²) >= 11 is 0. The van der Waals surface area contributed by atoms with Crippen LogP contribution >= 0.6 is 0 Å². The molecule has 70 valence electrons. The SMILES string of the molecule is CC(=O)CCC(C)c1cccnc1. The fourth-order valence-corrected chi connectivity index (χ4v) is 1.25. The summed E-state index contributed by atoms with van der Waals surface area (Å²) in [4.78, 5) is 14.8. The fourth-order valence-electron chi connectivity index (χ4n) is 1.25. The summed E-state index contributed by atoms with van der Waals surface area (Å²) in [6.45, 7) is 3.76. The Balaban J connectivity index is 2.49. The van der Waals surface area contributed by atoms with Crippen LogP contribution in [0.4, 0.5) is 0 Å². The van der Waals surface area contributed by atoms with Gasteiger partial charge in [0.2, 0.25) is 0 Å². The Bertz CT molecular complexity index is 269. The topological polar surface area (TPSA) is 30.0 Å². The molecule has 0 aromatic carbocycles. The molecule has 13 heavy (non-hydrogen) atoms. The molecule has 0 saturated carbocycles. The first-order chi connectivity index (χ1) is 6.20. The molecule has 0 bridgehead atoms. The number of ketones is 1. The van der Waals surface area contributed by atoms with Gasteiger partial charge in [0, 0.05) is 18.8 Å². The van der Waals surface area contributed by atoms with Gasteiger partial charge in [0.05, 0.1) is 0 Å². The number of pyridine rings is 1. The van der Waals surface area contributed by atoms with E-state index in [4.69, 9.17) is 0 Å². The van der Waals surface area contributed by atoms with Crippen LogP contribution in [0.25, 0.3) is 0 Å². The van der Waals surface area contributed by atoms with Crippen molar-refractivity contribution in [3.8, 4) is 0 Å². The van der Waals surface area contributed by atoms with Gasteiger partial charge in [-0.15, -0.1) is 0 Å². The highest BCUT2D eigenvalue weighted by atomic mass is 16.1. The molecule has 1 rings (SSSR count).